The van der Waals surface area contributed by atoms with E-state index in [4.69, 9.17) is 24.4 Å². The molecule has 128 heavy (non-hydrogen) atoms. The lowest BCUT2D eigenvalue weighted by atomic mass is 10.1. The Morgan fingerprint density at radius 1 is 0.422 bits per heavy atom. The Bertz CT molecular complexity index is 7180. The molecule has 2 saturated heterocycles. The van der Waals surface area contributed by atoms with Gasteiger partial charge in [0.25, 0.3) is 28.5 Å². The molecule has 6 bridgehead atoms. The fraction of sp³-hybridized carbons (Fsp3) is 0.312. The van der Waals surface area contributed by atoms with E-state index in [1.54, 1.807) is 53.8 Å². The number of hydrogen-bond donors (Lipinski definition) is 3. The summed E-state index contributed by atoms with van der Waals surface area (Å²) in [7, 11) is 4.19. The lowest BCUT2D eigenvalue weighted by molar-refractivity contribution is -0.122. The van der Waals surface area contributed by atoms with Crippen molar-refractivity contribution in [2.24, 2.45) is 0 Å². The fourth-order valence-electron chi connectivity index (χ4n) is 18.5. The van der Waals surface area contributed by atoms with Crippen LogP contribution >= 0.6 is 11.3 Å². The van der Waals surface area contributed by atoms with Crippen LogP contribution in [0.4, 0.5) is 52.0 Å². The zero-order chi connectivity index (χ0) is 86.6. The number of carbonyl (C=O) groups excluding carboxylic acids is 3. The first-order valence-corrected chi connectivity index (χ1v) is 45.2. The normalized spacial score (nSPS) is 16.3. The number of rotatable bonds is 15. The molecule has 0 aliphatic carbocycles. The number of hydrogen-bond acceptors (Lipinski definition) is 21. The summed E-state index contributed by atoms with van der Waals surface area (Å²) in [6.45, 7) is 13.0. The topological polar surface area (TPSA) is 293 Å². The minimum absolute atomic E-state index is 0.0245. The number of benzene rings is 6. The van der Waals surface area contributed by atoms with Gasteiger partial charge in [0.1, 0.15) is 27.7 Å². The molecule has 0 atom stereocenters. The number of carbonyl (C=O) groups is 3. The molecule has 31 nitrogen and oxygen atoms in total. The standard InChI is InChI=1S/C33H34N8O3.C32H32N8O3.C31H31N7O2S/c42-30-22-44-29-10-8-25-20-28(29)39(30)14-3-1-2-4-15-40-32(43)26-21-34-33(36-31(26)41(25)40)35-24-7-9-27-23(19-24)11-16-38(27)18-17-37-12-5-6-13-37;41-29-21-43-28-9-7-24-19-27(28)38(29)13-3-1-2-4-14-39-31(42)25-20-33-32(35-30(25)40(24)39)34-23-6-8-26-22(18-23)10-15-37(26)17-16-36-11-5-12-36;1-35(2)14-11-21-19-41-27-16-22(8-10-24(21)27)33-31-32-18-25-29(34-31)38-23-9-7-20-15-28(39)36(26(20)17-23)12-5-3-4-6-13-37(38)30(25)40/h2,4,7-11,16,19-21H,1,3,5-6,12-15,17-18,22H2,(H,34,35,36);2,4,6-10,15,18-20H,1,3,5,11-14,16-17,21H2,(H,33,34,35);4,6-10,16-19H,3,5,11-15H2,1-2H3,(H,32,33,34). The first-order valence-electron chi connectivity index (χ1n) is 44.3. The van der Waals surface area contributed by atoms with Gasteiger partial charge < -0.3 is 64.0 Å². The Morgan fingerprint density at radius 2 is 0.859 bits per heavy atom. The molecule has 0 spiro atoms. The largest absolute Gasteiger partial charge is 0.482 e. The van der Waals surface area contributed by atoms with E-state index in [9.17, 15) is 28.8 Å². The molecule has 0 radical (unpaired) electrons. The molecular formula is C96H97N23O8S. The molecule has 3 N–H and O–H groups in total. The quantitative estimate of drug-likeness (QED) is 0.0804. The van der Waals surface area contributed by atoms with Crippen molar-refractivity contribution in [3.05, 3.63) is 236 Å². The van der Waals surface area contributed by atoms with E-state index < -0.39 is 0 Å². The van der Waals surface area contributed by atoms with Crippen LogP contribution in [0, 0.1) is 0 Å². The number of likely N-dealkylation sites (N-methyl/N-ethyl adjacent to an activating group) is 1. The summed E-state index contributed by atoms with van der Waals surface area (Å²) in [5, 5.41) is 17.1. The Kier molecular flexibility index (Phi) is 22.0. The van der Waals surface area contributed by atoms with Crippen LogP contribution in [-0.2, 0) is 59.9 Å². The van der Waals surface area contributed by atoms with Crippen molar-refractivity contribution in [3.8, 4) is 28.6 Å². The second kappa shape index (κ2) is 34.7. The third kappa shape index (κ3) is 15.8. The molecule has 0 saturated carbocycles. The SMILES string of the molecule is CN(C)CCc1csc2cc(Nc3ncc4c(=O)n5n(c4n3)-c3ccc4c(c3)N(CCCC=CC5)C(=O)C4)ccc12.O=C1COc2ccc3cc2N1CCCC=CCn1c(=O)c2cnc(Nc4ccc5c(ccn5CCN5CCC5)c4)nc2n1-3.O=C1COc2ccc3cc2N1CCCC=CCn1c(=O)c2cnc(Nc4ccc5c(ccn5CCN5CCCC5)c4)nc2n1-3. The van der Waals surface area contributed by atoms with Crippen LogP contribution in [0.5, 0.6) is 11.5 Å². The zero-order valence-corrected chi connectivity index (χ0v) is 72.2. The molecule has 650 valence electrons. The Hall–Kier alpha value is -14.1. The lowest BCUT2D eigenvalue weighted by Crippen LogP contribution is -2.39. The minimum Gasteiger partial charge on any atom is -0.482 e. The van der Waals surface area contributed by atoms with Gasteiger partial charge in [0.2, 0.25) is 23.8 Å². The number of ether oxygens (including phenoxy) is 2. The van der Waals surface area contributed by atoms with Crippen LogP contribution in [0.3, 0.4) is 0 Å². The molecule has 6 aromatic carbocycles. The van der Waals surface area contributed by atoms with Crippen LogP contribution in [0.2, 0.25) is 0 Å². The molecule has 9 aromatic heterocycles. The van der Waals surface area contributed by atoms with E-state index >= 15 is 0 Å². The molecular weight excluding hydrogens is 1640 g/mol. The average Bonchev–Trinajstić information content (AvgIpc) is 1.49. The minimum atomic E-state index is -0.175. The first-order chi connectivity index (χ1) is 62.7. The molecule has 0 unspecified atom stereocenters. The van der Waals surface area contributed by atoms with Gasteiger partial charge >= 0.3 is 0 Å². The molecule has 17 heterocycles. The highest BCUT2D eigenvalue weighted by Gasteiger charge is 2.33. The van der Waals surface area contributed by atoms with Gasteiger partial charge in [0, 0.05) is 133 Å². The maximum absolute atomic E-state index is 13.6. The van der Waals surface area contributed by atoms with Gasteiger partial charge in [0.15, 0.2) is 30.2 Å². The maximum atomic E-state index is 13.6. The van der Waals surface area contributed by atoms with Gasteiger partial charge in [-0.15, -0.1) is 11.3 Å². The van der Waals surface area contributed by atoms with Gasteiger partial charge in [0.05, 0.1) is 54.5 Å². The molecule has 23 rings (SSSR count). The zero-order valence-electron chi connectivity index (χ0n) is 71.4. The molecule has 32 heteroatoms. The smallest absolute Gasteiger partial charge is 0.278 e. The predicted octanol–water partition coefficient (Wildman–Crippen LogP) is 13.4. The summed E-state index contributed by atoms with van der Waals surface area (Å²) in [4.78, 5) is 120. The van der Waals surface area contributed by atoms with Crippen molar-refractivity contribution in [1.29, 1.82) is 0 Å². The van der Waals surface area contributed by atoms with E-state index in [1.807, 2.05) is 104 Å². The van der Waals surface area contributed by atoms with Gasteiger partial charge in [-0.3, -0.25) is 28.8 Å². The number of anilines is 9. The summed E-state index contributed by atoms with van der Waals surface area (Å²) >= 11 is 1.74. The summed E-state index contributed by atoms with van der Waals surface area (Å²) in [5.74, 6) is 2.49. The maximum Gasteiger partial charge on any atom is 0.278 e. The third-order valence-corrected chi connectivity index (χ3v) is 26.4. The number of allylic oxidation sites excluding steroid dienone is 6. The molecule has 2 fully saturated rings. The van der Waals surface area contributed by atoms with E-state index in [2.05, 4.69) is 159 Å². The number of nitrogens with one attached hydrogen (secondary N) is 3. The second-order valence-electron chi connectivity index (χ2n) is 33.9. The highest BCUT2D eigenvalue weighted by molar-refractivity contribution is 7.17. The predicted molar refractivity (Wildman–Crippen MR) is 501 cm³/mol. The van der Waals surface area contributed by atoms with E-state index in [1.165, 1.54) is 72.1 Å². The summed E-state index contributed by atoms with van der Waals surface area (Å²) in [6, 6.07) is 40.4. The van der Waals surface area contributed by atoms with E-state index in [0.717, 1.165) is 128 Å². The van der Waals surface area contributed by atoms with Crippen molar-refractivity contribution in [2.75, 3.05) is 123 Å². The van der Waals surface area contributed by atoms with Crippen molar-refractivity contribution < 1.29 is 23.9 Å². The number of aromatic nitrogens is 14. The van der Waals surface area contributed by atoms with Crippen molar-refractivity contribution in [3.63, 3.8) is 0 Å². The number of amides is 3. The van der Waals surface area contributed by atoms with Gasteiger partial charge in [-0.2, -0.15) is 15.0 Å². The number of likely N-dealkylation sites (tertiary alicyclic amines) is 2. The second-order valence-corrected chi connectivity index (χ2v) is 34.9. The van der Waals surface area contributed by atoms with Crippen LogP contribution < -0.4 is 56.8 Å². The fourth-order valence-corrected chi connectivity index (χ4v) is 19.6. The first kappa shape index (κ1) is 81.0. The molecule has 3 amide bonds. The van der Waals surface area contributed by atoms with Crippen LogP contribution in [0.25, 0.3) is 82.1 Å². The van der Waals surface area contributed by atoms with E-state index in [0.29, 0.717) is 125 Å². The van der Waals surface area contributed by atoms with Crippen LogP contribution in [-0.4, -0.2) is 192 Å². The third-order valence-electron chi connectivity index (χ3n) is 25.4. The van der Waals surface area contributed by atoms with Crippen molar-refractivity contribution in [2.45, 2.75) is 103 Å². The molecule has 15 aromatic rings. The van der Waals surface area contributed by atoms with Gasteiger partial charge in [-0.05, 0) is 236 Å². The van der Waals surface area contributed by atoms with Gasteiger partial charge in [-0.25, -0.2) is 43.0 Å². The van der Waals surface area contributed by atoms with Gasteiger partial charge in [-0.1, -0.05) is 48.6 Å². The Labute approximate surface area is 739 Å². The molecule has 8 aliphatic heterocycles. The summed E-state index contributed by atoms with van der Waals surface area (Å²) in [5.41, 5.74) is 12.9. The Balaban J connectivity index is 0.000000117. The van der Waals surface area contributed by atoms with Crippen LogP contribution in [0.15, 0.2) is 209 Å². The highest BCUT2D eigenvalue weighted by atomic mass is 32.1. The van der Waals surface area contributed by atoms with Crippen LogP contribution in [0.1, 0.15) is 68.9 Å². The highest BCUT2D eigenvalue weighted by Crippen LogP contribution is 2.40. The number of fused-ring (bicyclic) bond motifs is 18. The van der Waals surface area contributed by atoms with Crippen molar-refractivity contribution >= 4 is 146 Å². The summed E-state index contributed by atoms with van der Waals surface area (Å²) in [6.07, 6.45) is 31.5. The number of nitrogens with zero attached hydrogens (tertiary/aromatic N) is 20. The molecule has 8 aliphatic rings. The monoisotopic (exact) mass is 1730 g/mol. The Morgan fingerprint density at radius 3 is 1.32 bits per heavy atom. The van der Waals surface area contributed by atoms with Crippen molar-refractivity contribution in [1.82, 2.24) is 81.8 Å². The summed E-state index contributed by atoms with van der Waals surface area (Å²) < 4.78 is 27.8. The van der Waals surface area contributed by atoms with E-state index in [-0.39, 0.29) is 47.6 Å². The lowest BCUT2D eigenvalue weighted by Gasteiger charge is -2.30. The number of thiophene rings is 1. The average molecular weight is 1730 g/mol.